The predicted molar refractivity (Wildman–Crippen MR) is 86.5 cm³/mol. The number of rotatable bonds is 8. The normalized spacial score (nSPS) is 11.0. The zero-order chi connectivity index (χ0) is 14.9. The maximum atomic E-state index is 5.59. The molecule has 0 bridgehead atoms. The van der Waals surface area contributed by atoms with Crippen molar-refractivity contribution in [1.29, 1.82) is 0 Å². The second-order valence-electron chi connectivity index (χ2n) is 4.43. The highest BCUT2D eigenvalue weighted by Gasteiger charge is 1.96. The fourth-order valence-electron chi connectivity index (χ4n) is 1.61. The lowest BCUT2D eigenvalue weighted by Crippen LogP contribution is -2.01. The summed E-state index contributed by atoms with van der Waals surface area (Å²) < 4.78 is 10.6. The molecule has 0 aliphatic rings. The van der Waals surface area contributed by atoms with E-state index in [2.05, 4.69) is 15.5 Å². The summed E-state index contributed by atoms with van der Waals surface area (Å²) in [5.74, 6) is 0.853. The molecule has 0 aliphatic carbocycles. The Hall–Kier alpha value is -1.92. The number of anilines is 1. The molecule has 0 fully saturated rings. The molecule has 0 radical (unpaired) electrons. The number of hydrogen-bond donors (Lipinski definition) is 1. The summed E-state index contributed by atoms with van der Waals surface area (Å²) in [7, 11) is 1.69. The van der Waals surface area contributed by atoms with Crippen molar-refractivity contribution in [3.05, 3.63) is 40.9 Å². The van der Waals surface area contributed by atoms with Gasteiger partial charge in [-0.15, -0.1) is 11.3 Å². The van der Waals surface area contributed by atoms with E-state index in [-0.39, 0.29) is 0 Å². The van der Waals surface area contributed by atoms with E-state index in [0.29, 0.717) is 13.2 Å². The molecule has 2 aromatic rings. The molecule has 0 saturated heterocycles. The van der Waals surface area contributed by atoms with E-state index in [1.54, 1.807) is 13.3 Å². The maximum Gasteiger partial charge on any atom is 0.203 e. The molecular weight excluding hydrogens is 286 g/mol. The Kier molecular flexibility index (Phi) is 6.18. The molecule has 2 rings (SSSR count). The fourth-order valence-corrected chi connectivity index (χ4v) is 2.25. The minimum Gasteiger partial charge on any atom is -0.494 e. The Morgan fingerprint density at radius 2 is 2.10 bits per heavy atom. The van der Waals surface area contributed by atoms with Crippen LogP contribution in [0.1, 0.15) is 17.7 Å². The number of nitrogens with one attached hydrogen (secondary N) is 1. The van der Waals surface area contributed by atoms with Crippen LogP contribution in [0.2, 0.25) is 0 Å². The zero-order valence-corrected chi connectivity index (χ0v) is 13.0. The van der Waals surface area contributed by atoms with Crippen molar-refractivity contribution >= 4 is 22.7 Å². The molecule has 1 aromatic heterocycles. The summed E-state index contributed by atoms with van der Waals surface area (Å²) in [4.78, 5) is 4.27. The third-order valence-corrected chi connectivity index (χ3v) is 3.50. The summed E-state index contributed by atoms with van der Waals surface area (Å²) in [6, 6.07) is 7.79. The topological polar surface area (TPSA) is 55.7 Å². The van der Waals surface area contributed by atoms with Crippen LogP contribution in [0.3, 0.4) is 0 Å². The van der Waals surface area contributed by atoms with Crippen molar-refractivity contribution in [1.82, 2.24) is 4.98 Å². The highest BCUT2D eigenvalue weighted by Crippen LogP contribution is 2.14. The van der Waals surface area contributed by atoms with E-state index in [1.807, 2.05) is 36.6 Å². The smallest absolute Gasteiger partial charge is 0.203 e. The molecule has 112 valence electrons. The van der Waals surface area contributed by atoms with Crippen LogP contribution in [-0.4, -0.2) is 31.5 Å². The first-order valence-corrected chi connectivity index (χ1v) is 7.59. The summed E-state index contributed by atoms with van der Waals surface area (Å²) in [5.41, 5.74) is 4.90. The summed E-state index contributed by atoms with van der Waals surface area (Å²) in [5, 5.41) is 6.93. The van der Waals surface area contributed by atoms with E-state index in [0.717, 1.165) is 28.6 Å². The quantitative estimate of drug-likeness (QED) is 0.462. The van der Waals surface area contributed by atoms with Crippen molar-refractivity contribution in [2.45, 2.75) is 13.3 Å². The van der Waals surface area contributed by atoms with Gasteiger partial charge < -0.3 is 9.47 Å². The number of methoxy groups -OCH3 is 1. The molecule has 6 heteroatoms. The predicted octanol–water partition coefficient (Wildman–Crippen LogP) is 3.31. The van der Waals surface area contributed by atoms with Crippen molar-refractivity contribution in [3.63, 3.8) is 0 Å². The van der Waals surface area contributed by atoms with E-state index < -0.39 is 0 Å². The lowest BCUT2D eigenvalue weighted by atomic mass is 10.2. The number of aromatic nitrogens is 1. The van der Waals surface area contributed by atoms with Crippen LogP contribution in [0.5, 0.6) is 5.75 Å². The molecular formula is C15H19N3O2S. The first kappa shape index (κ1) is 15.5. The van der Waals surface area contributed by atoms with E-state index in [1.165, 1.54) is 11.3 Å². The Bertz CT molecular complexity index is 567. The fraction of sp³-hybridized carbons (Fsp3) is 0.333. The molecule has 0 atom stereocenters. The Morgan fingerprint density at radius 1 is 1.29 bits per heavy atom. The third kappa shape index (κ3) is 5.53. The van der Waals surface area contributed by atoms with Gasteiger partial charge in [-0.3, -0.25) is 5.43 Å². The Morgan fingerprint density at radius 3 is 2.76 bits per heavy atom. The number of hydrazone groups is 1. The van der Waals surface area contributed by atoms with Gasteiger partial charge in [0.2, 0.25) is 5.13 Å². The minimum absolute atomic E-state index is 0.659. The van der Waals surface area contributed by atoms with Gasteiger partial charge in [0.1, 0.15) is 5.75 Å². The number of thiazole rings is 1. The number of hydrogen-bond acceptors (Lipinski definition) is 6. The van der Waals surface area contributed by atoms with Crippen LogP contribution in [-0.2, 0) is 4.74 Å². The monoisotopic (exact) mass is 305 g/mol. The first-order chi connectivity index (χ1) is 10.3. The van der Waals surface area contributed by atoms with Crippen molar-refractivity contribution in [2.24, 2.45) is 5.10 Å². The second-order valence-corrected chi connectivity index (χ2v) is 5.29. The SMILES string of the molecule is COCCCOc1ccc(C=NNc2nc(C)cs2)cc1. The van der Waals surface area contributed by atoms with Gasteiger partial charge in [0.05, 0.1) is 18.5 Å². The van der Waals surface area contributed by atoms with Crippen LogP contribution in [0.4, 0.5) is 5.13 Å². The van der Waals surface area contributed by atoms with Gasteiger partial charge in [-0.2, -0.15) is 5.10 Å². The summed E-state index contributed by atoms with van der Waals surface area (Å²) in [6.07, 6.45) is 2.64. The molecule has 0 amide bonds. The first-order valence-electron chi connectivity index (χ1n) is 6.71. The van der Waals surface area contributed by atoms with Gasteiger partial charge in [-0.1, -0.05) is 0 Å². The van der Waals surface area contributed by atoms with Crippen LogP contribution in [0.25, 0.3) is 0 Å². The molecule has 21 heavy (non-hydrogen) atoms. The van der Waals surface area contributed by atoms with Gasteiger partial charge in [0.25, 0.3) is 0 Å². The van der Waals surface area contributed by atoms with Gasteiger partial charge in [-0.25, -0.2) is 4.98 Å². The largest absolute Gasteiger partial charge is 0.494 e. The minimum atomic E-state index is 0.659. The molecule has 1 aromatic carbocycles. The van der Waals surface area contributed by atoms with E-state index in [4.69, 9.17) is 9.47 Å². The third-order valence-electron chi connectivity index (χ3n) is 2.63. The van der Waals surface area contributed by atoms with Gasteiger partial charge >= 0.3 is 0 Å². The molecule has 1 heterocycles. The molecule has 0 spiro atoms. The lowest BCUT2D eigenvalue weighted by molar-refractivity contribution is 0.172. The average Bonchev–Trinajstić information content (AvgIpc) is 2.91. The molecule has 1 N–H and O–H groups in total. The summed E-state index contributed by atoms with van der Waals surface area (Å²) in [6.45, 7) is 3.33. The van der Waals surface area contributed by atoms with Crippen molar-refractivity contribution in [3.8, 4) is 5.75 Å². The van der Waals surface area contributed by atoms with E-state index >= 15 is 0 Å². The average molecular weight is 305 g/mol. The number of benzene rings is 1. The van der Waals surface area contributed by atoms with Crippen molar-refractivity contribution < 1.29 is 9.47 Å². The maximum absolute atomic E-state index is 5.59. The van der Waals surface area contributed by atoms with Gasteiger partial charge in [0, 0.05) is 25.5 Å². The number of ether oxygens (including phenoxy) is 2. The van der Waals surface area contributed by atoms with Gasteiger partial charge in [0.15, 0.2) is 0 Å². The van der Waals surface area contributed by atoms with E-state index in [9.17, 15) is 0 Å². The second kappa shape index (κ2) is 8.39. The standard InChI is InChI=1S/C15H19N3O2S/c1-12-11-21-15(17-12)18-16-10-13-4-6-14(7-5-13)20-9-3-8-19-2/h4-7,10-11H,3,8-9H2,1-2H3,(H,17,18). The highest BCUT2D eigenvalue weighted by atomic mass is 32.1. The van der Waals surface area contributed by atoms with Crippen LogP contribution in [0, 0.1) is 6.92 Å². The highest BCUT2D eigenvalue weighted by molar-refractivity contribution is 7.13. The Labute approximate surface area is 128 Å². The van der Waals surface area contributed by atoms with Crippen molar-refractivity contribution in [2.75, 3.05) is 25.7 Å². The van der Waals surface area contributed by atoms with Crippen LogP contribution in [0.15, 0.2) is 34.7 Å². The molecule has 0 saturated carbocycles. The molecule has 5 nitrogen and oxygen atoms in total. The van der Waals surface area contributed by atoms with Crippen LogP contribution >= 0.6 is 11.3 Å². The molecule has 0 aliphatic heterocycles. The lowest BCUT2D eigenvalue weighted by Gasteiger charge is -2.05. The Balaban J connectivity index is 1.78. The van der Waals surface area contributed by atoms with Gasteiger partial charge in [-0.05, 0) is 36.8 Å². The zero-order valence-electron chi connectivity index (χ0n) is 12.2. The summed E-state index contributed by atoms with van der Waals surface area (Å²) >= 11 is 1.53. The molecule has 0 unspecified atom stereocenters. The van der Waals surface area contributed by atoms with Crippen LogP contribution < -0.4 is 10.2 Å². The number of aryl methyl sites for hydroxylation is 1. The number of nitrogens with zero attached hydrogens (tertiary/aromatic N) is 2.